The lowest BCUT2D eigenvalue weighted by atomic mass is 10.2. The number of amides is 2. The van der Waals surface area contributed by atoms with Crippen LogP contribution in [0.2, 0.25) is 0 Å². The van der Waals surface area contributed by atoms with Crippen LogP contribution in [0.15, 0.2) is 39.8 Å². The van der Waals surface area contributed by atoms with Crippen molar-refractivity contribution in [3.8, 4) is 0 Å². The number of nitrogens with zero attached hydrogens (tertiary/aromatic N) is 1. The molecule has 0 radical (unpaired) electrons. The molecule has 0 aliphatic carbocycles. The number of aryl methyl sites for hydroxylation is 3. The molecule has 0 fully saturated rings. The molecular formula is C18H19BrN2O4S. The number of carbonyl (C=O) groups is 3. The Bertz CT molecular complexity index is 848. The molecule has 0 aliphatic rings. The first-order valence-corrected chi connectivity index (χ1v) is 9.56. The first-order chi connectivity index (χ1) is 12.3. The molecular weight excluding hydrogens is 420 g/mol. The molecule has 2 aromatic rings. The first kappa shape index (κ1) is 20.3. The normalized spacial score (nSPS) is 10.5. The van der Waals surface area contributed by atoms with Gasteiger partial charge >= 0.3 is 5.97 Å². The number of hydrogen-bond donors (Lipinski definition) is 1. The second kappa shape index (κ2) is 9.05. The number of thioether (sulfide) groups is 1. The van der Waals surface area contributed by atoms with Crippen molar-refractivity contribution < 1.29 is 19.1 Å². The summed E-state index contributed by atoms with van der Waals surface area (Å²) >= 11 is 4.81. The molecule has 26 heavy (non-hydrogen) atoms. The van der Waals surface area contributed by atoms with Crippen LogP contribution >= 0.6 is 27.7 Å². The summed E-state index contributed by atoms with van der Waals surface area (Å²) in [5.41, 5.74) is 2.47. The molecule has 2 rings (SSSR count). The van der Waals surface area contributed by atoms with Crippen LogP contribution in [0.4, 0.5) is 0 Å². The van der Waals surface area contributed by atoms with Gasteiger partial charge in [0.1, 0.15) is 5.69 Å². The number of carbonyl (C=O) groups excluding carboxylic acids is 3. The van der Waals surface area contributed by atoms with Crippen molar-refractivity contribution in [2.75, 3.05) is 12.4 Å². The Morgan fingerprint density at radius 1 is 1.23 bits per heavy atom. The minimum Gasteiger partial charge on any atom is -0.455 e. The van der Waals surface area contributed by atoms with Crippen LogP contribution in [0, 0.1) is 13.8 Å². The Kier molecular flexibility index (Phi) is 7.05. The summed E-state index contributed by atoms with van der Waals surface area (Å²) in [4.78, 5) is 36.4. The van der Waals surface area contributed by atoms with Crippen LogP contribution < -0.4 is 5.32 Å². The predicted octanol–water partition coefficient (Wildman–Crippen LogP) is 3.00. The fraction of sp³-hybridized carbons (Fsp3) is 0.278. The zero-order chi connectivity index (χ0) is 19.3. The zero-order valence-electron chi connectivity index (χ0n) is 14.7. The van der Waals surface area contributed by atoms with Crippen LogP contribution in [0.3, 0.4) is 0 Å². The molecule has 1 aromatic heterocycles. The minimum absolute atomic E-state index is 0.0843. The van der Waals surface area contributed by atoms with Gasteiger partial charge < -0.3 is 9.30 Å². The summed E-state index contributed by atoms with van der Waals surface area (Å²) in [5.74, 6) is -1.63. The van der Waals surface area contributed by atoms with Gasteiger partial charge in [-0.1, -0.05) is 15.9 Å². The predicted molar refractivity (Wildman–Crippen MR) is 103 cm³/mol. The molecule has 1 heterocycles. The average Bonchev–Trinajstić information content (AvgIpc) is 3.01. The molecule has 0 saturated heterocycles. The molecule has 1 aromatic carbocycles. The highest BCUT2D eigenvalue weighted by Gasteiger charge is 2.15. The SMILES string of the molecule is Cc1cc(SCC(=O)OCC(=O)NC(=O)c2cccn2C)c(C)cc1Br. The molecule has 0 atom stereocenters. The van der Waals surface area contributed by atoms with Gasteiger partial charge in [0.2, 0.25) is 0 Å². The number of benzene rings is 1. The maximum atomic E-state index is 11.9. The number of hydrogen-bond acceptors (Lipinski definition) is 5. The maximum Gasteiger partial charge on any atom is 0.316 e. The van der Waals surface area contributed by atoms with Crippen molar-refractivity contribution in [2.45, 2.75) is 18.7 Å². The Morgan fingerprint density at radius 2 is 1.96 bits per heavy atom. The monoisotopic (exact) mass is 438 g/mol. The van der Waals surface area contributed by atoms with Gasteiger partial charge in [-0.25, -0.2) is 0 Å². The topological polar surface area (TPSA) is 77.4 Å². The van der Waals surface area contributed by atoms with E-state index in [1.54, 1.807) is 29.9 Å². The number of rotatable bonds is 6. The number of aromatic nitrogens is 1. The van der Waals surface area contributed by atoms with E-state index in [0.29, 0.717) is 5.69 Å². The first-order valence-electron chi connectivity index (χ1n) is 7.78. The van der Waals surface area contributed by atoms with Crippen LogP contribution in [0.1, 0.15) is 21.6 Å². The van der Waals surface area contributed by atoms with Crippen LogP contribution in [-0.4, -0.2) is 34.7 Å². The van der Waals surface area contributed by atoms with Gasteiger partial charge in [-0.2, -0.15) is 0 Å². The van der Waals surface area contributed by atoms with E-state index in [2.05, 4.69) is 21.2 Å². The van der Waals surface area contributed by atoms with Crippen molar-refractivity contribution in [3.05, 3.63) is 51.8 Å². The lowest BCUT2D eigenvalue weighted by Gasteiger charge is -2.09. The molecule has 0 saturated carbocycles. The number of esters is 1. The Hall–Kier alpha value is -2.06. The fourth-order valence-electron chi connectivity index (χ4n) is 2.16. The lowest BCUT2D eigenvalue weighted by molar-refractivity contribution is -0.145. The number of halogens is 1. The van der Waals surface area contributed by atoms with E-state index in [-0.39, 0.29) is 5.75 Å². The van der Waals surface area contributed by atoms with Gasteiger partial charge in [-0.15, -0.1) is 11.8 Å². The smallest absolute Gasteiger partial charge is 0.316 e. The summed E-state index contributed by atoms with van der Waals surface area (Å²) < 4.78 is 7.53. The zero-order valence-corrected chi connectivity index (χ0v) is 17.1. The van der Waals surface area contributed by atoms with Crippen molar-refractivity contribution in [2.24, 2.45) is 7.05 Å². The van der Waals surface area contributed by atoms with Crippen LogP contribution in [-0.2, 0) is 21.4 Å². The third kappa shape index (κ3) is 5.47. The molecule has 138 valence electrons. The van der Waals surface area contributed by atoms with E-state index in [1.165, 1.54) is 11.8 Å². The number of ether oxygens (including phenoxy) is 1. The summed E-state index contributed by atoms with van der Waals surface area (Å²) in [7, 11) is 1.70. The molecule has 0 bridgehead atoms. The summed E-state index contributed by atoms with van der Waals surface area (Å²) in [6.07, 6.45) is 1.70. The second-order valence-corrected chi connectivity index (χ2v) is 7.57. The third-order valence-corrected chi connectivity index (χ3v) is 5.58. The van der Waals surface area contributed by atoms with Crippen LogP contribution in [0.5, 0.6) is 0 Å². The molecule has 2 amide bonds. The lowest BCUT2D eigenvalue weighted by Crippen LogP contribution is -2.35. The molecule has 0 aliphatic heterocycles. The van der Waals surface area contributed by atoms with E-state index in [0.717, 1.165) is 20.5 Å². The van der Waals surface area contributed by atoms with Gasteiger partial charge in [0.05, 0.1) is 5.75 Å². The summed E-state index contributed by atoms with van der Waals surface area (Å²) in [6, 6.07) is 7.27. The van der Waals surface area contributed by atoms with E-state index in [4.69, 9.17) is 4.74 Å². The van der Waals surface area contributed by atoms with Gasteiger partial charge in [-0.3, -0.25) is 19.7 Å². The largest absolute Gasteiger partial charge is 0.455 e. The average molecular weight is 439 g/mol. The molecule has 1 N–H and O–H groups in total. The Labute approximate surface area is 164 Å². The summed E-state index contributed by atoms with van der Waals surface area (Å²) in [6.45, 7) is 3.44. The molecule has 0 spiro atoms. The Balaban J connectivity index is 1.78. The van der Waals surface area contributed by atoms with Crippen molar-refractivity contribution in [1.29, 1.82) is 0 Å². The molecule has 6 nitrogen and oxygen atoms in total. The standard InChI is InChI=1S/C18H19BrN2O4S/c1-11-8-15(12(2)7-13(11)19)26-10-17(23)25-9-16(22)20-18(24)14-5-4-6-21(14)3/h4-8H,9-10H2,1-3H3,(H,20,22,24). The van der Waals surface area contributed by atoms with E-state index in [1.807, 2.05) is 26.0 Å². The maximum absolute atomic E-state index is 11.9. The summed E-state index contributed by atoms with van der Waals surface area (Å²) in [5, 5.41) is 2.19. The van der Waals surface area contributed by atoms with Crippen molar-refractivity contribution in [1.82, 2.24) is 9.88 Å². The Morgan fingerprint density at radius 3 is 2.62 bits per heavy atom. The van der Waals surface area contributed by atoms with E-state index >= 15 is 0 Å². The van der Waals surface area contributed by atoms with E-state index < -0.39 is 24.4 Å². The van der Waals surface area contributed by atoms with Crippen molar-refractivity contribution in [3.63, 3.8) is 0 Å². The fourth-order valence-corrected chi connectivity index (χ4v) is 3.52. The van der Waals surface area contributed by atoms with Crippen molar-refractivity contribution >= 4 is 45.5 Å². The van der Waals surface area contributed by atoms with Gasteiger partial charge in [0.15, 0.2) is 6.61 Å². The number of imide groups is 1. The number of nitrogens with one attached hydrogen (secondary N) is 1. The molecule has 0 unspecified atom stereocenters. The van der Waals surface area contributed by atoms with E-state index in [9.17, 15) is 14.4 Å². The van der Waals surface area contributed by atoms with Gasteiger partial charge in [0.25, 0.3) is 11.8 Å². The third-order valence-electron chi connectivity index (χ3n) is 3.60. The van der Waals surface area contributed by atoms with Gasteiger partial charge in [-0.05, 0) is 49.2 Å². The minimum atomic E-state index is -0.662. The van der Waals surface area contributed by atoms with Crippen LogP contribution in [0.25, 0.3) is 0 Å². The highest BCUT2D eigenvalue weighted by molar-refractivity contribution is 9.10. The quantitative estimate of drug-likeness (QED) is 0.553. The highest BCUT2D eigenvalue weighted by Crippen LogP contribution is 2.28. The second-order valence-electron chi connectivity index (χ2n) is 5.70. The highest BCUT2D eigenvalue weighted by atomic mass is 79.9. The molecule has 8 heteroatoms. The van der Waals surface area contributed by atoms with Gasteiger partial charge in [0, 0.05) is 22.6 Å².